The van der Waals surface area contributed by atoms with E-state index in [-0.39, 0.29) is 18.4 Å². The molecule has 0 heterocycles. The first kappa shape index (κ1) is 24.2. The zero-order chi connectivity index (χ0) is 21.9. The van der Waals surface area contributed by atoms with Crippen molar-refractivity contribution in [3.8, 4) is 5.75 Å². The molecule has 6 nitrogen and oxygen atoms in total. The molecule has 2 rings (SSSR count). The normalized spacial score (nSPS) is 25.4. The van der Waals surface area contributed by atoms with Gasteiger partial charge in [0.05, 0.1) is 19.3 Å². The van der Waals surface area contributed by atoms with Crippen molar-refractivity contribution < 1.29 is 29.6 Å². The van der Waals surface area contributed by atoms with Crippen molar-refractivity contribution in [2.75, 3.05) is 13.7 Å². The van der Waals surface area contributed by atoms with E-state index >= 15 is 0 Å². The van der Waals surface area contributed by atoms with Crippen LogP contribution >= 0.6 is 11.6 Å². The molecule has 5 atom stereocenters. The minimum Gasteiger partial charge on any atom is -0.491 e. The van der Waals surface area contributed by atoms with Crippen LogP contribution in [0.25, 0.3) is 0 Å². The summed E-state index contributed by atoms with van der Waals surface area (Å²) in [6.45, 7) is 0.0700. The summed E-state index contributed by atoms with van der Waals surface area (Å²) in [5.74, 6) is -0.212. The largest absolute Gasteiger partial charge is 0.491 e. The monoisotopic (exact) mass is 436 g/mol. The number of halogens is 1. The molecular weight excluding hydrogens is 408 g/mol. The average molecular weight is 437 g/mol. The Bertz CT molecular complexity index is 743. The molecule has 1 aliphatic carbocycles. The number of methoxy groups -OCH3 is 1. The van der Waals surface area contributed by atoms with Gasteiger partial charge in [-0.2, -0.15) is 0 Å². The van der Waals surface area contributed by atoms with Gasteiger partial charge < -0.3 is 24.8 Å². The fraction of sp³-hybridized carbons (Fsp3) is 0.435. The number of aliphatic hydroxyl groups excluding tert-OH is 3. The second-order valence-corrected chi connectivity index (χ2v) is 7.63. The van der Waals surface area contributed by atoms with Gasteiger partial charge in [0.1, 0.15) is 18.5 Å². The van der Waals surface area contributed by atoms with E-state index in [9.17, 15) is 20.1 Å². The summed E-state index contributed by atoms with van der Waals surface area (Å²) in [6.07, 6.45) is 9.54. The number of ether oxygens (including phenoxy) is 2. The highest BCUT2D eigenvalue weighted by atomic mass is 35.5. The zero-order valence-electron chi connectivity index (χ0n) is 16.9. The van der Waals surface area contributed by atoms with E-state index in [0.29, 0.717) is 30.0 Å². The van der Waals surface area contributed by atoms with Crippen molar-refractivity contribution in [3.05, 3.63) is 65.7 Å². The average Bonchev–Trinajstić information content (AvgIpc) is 3.00. The summed E-state index contributed by atoms with van der Waals surface area (Å²) < 4.78 is 10.0. The number of esters is 1. The number of hydrogen-bond acceptors (Lipinski definition) is 6. The molecule has 3 N–H and O–H groups in total. The second kappa shape index (κ2) is 12.5. The number of rotatable bonds is 10. The van der Waals surface area contributed by atoms with Crippen molar-refractivity contribution in [2.45, 2.75) is 37.6 Å². The fourth-order valence-electron chi connectivity index (χ4n) is 3.39. The lowest BCUT2D eigenvalue weighted by Crippen LogP contribution is -2.21. The van der Waals surface area contributed by atoms with Gasteiger partial charge in [0.15, 0.2) is 0 Å². The van der Waals surface area contributed by atoms with Gasteiger partial charge in [0.2, 0.25) is 0 Å². The number of carbonyl (C=O) groups is 1. The molecule has 30 heavy (non-hydrogen) atoms. The first-order chi connectivity index (χ1) is 14.4. The SMILES string of the molecule is COC(=O)/C=C/C/C=C\C[C@@H]1[C@@H](/C=C/[C@@H](O)COc2ccc(Cl)cc2)[C@H](O)C[C@@H]1O. The molecule has 0 saturated heterocycles. The van der Waals surface area contributed by atoms with Crippen LogP contribution in [0.4, 0.5) is 0 Å². The molecule has 1 saturated carbocycles. The Balaban J connectivity index is 1.84. The highest BCUT2D eigenvalue weighted by molar-refractivity contribution is 6.30. The second-order valence-electron chi connectivity index (χ2n) is 7.20. The van der Waals surface area contributed by atoms with E-state index in [1.807, 2.05) is 12.2 Å². The minimum atomic E-state index is -0.842. The van der Waals surface area contributed by atoms with Crippen molar-refractivity contribution in [3.63, 3.8) is 0 Å². The summed E-state index contributed by atoms with van der Waals surface area (Å²) >= 11 is 5.83. The standard InChI is InChI=1S/C23H29ClO6/c1-29-23(28)7-5-3-2-4-6-19-20(22(27)14-21(19)26)13-10-17(25)15-30-18-11-8-16(24)9-12-18/h2,4-5,7-13,17,19-22,25-27H,3,6,14-15H2,1H3/b4-2-,7-5+,13-10+/t17-,19-,20-,21+,22-/m1/s1. The maximum Gasteiger partial charge on any atom is 0.330 e. The van der Waals surface area contributed by atoms with Crippen molar-refractivity contribution in [1.29, 1.82) is 0 Å². The molecule has 1 aromatic rings. The molecule has 0 aliphatic heterocycles. The highest BCUT2D eigenvalue weighted by Gasteiger charge is 2.39. The van der Waals surface area contributed by atoms with Crippen LogP contribution in [0.15, 0.2) is 60.7 Å². The number of allylic oxidation sites excluding steroid dienone is 3. The van der Waals surface area contributed by atoms with E-state index < -0.39 is 24.3 Å². The highest BCUT2D eigenvalue weighted by Crippen LogP contribution is 2.36. The molecule has 1 aliphatic rings. The Kier molecular flexibility index (Phi) is 10.1. The lowest BCUT2D eigenvalue weighted by Gasteiger charge is -2.19. The molecule has 1 aromatic carbocycles. The Morgan fingerprint density at radius 3 is 2.63 bits per heavy atom. The Morgan fingerprint density at radius 2 is 1.93 bits per heavy atom. The first-order valence-electron chi connectivity index (χ1n) is 9.91. The predicted octanol–water partition coefficient (Wildman–Crippen LogP) is 3.06. The van der Waals surface area contributed by atoms with E-state index in [1.165, 1.54) is 13.2 Å². The van der Waals surface area contributed by atoms with Crippen LogP contribution in [-0.4, -0.2) is 53.3 Å². The van der Waals surface area contributed by atoms with Crippen molar-refractivity contribution in [2.24, 2.45) is 11.8 Å². The van der Waals surface area contributed by atoms with Crippen LogP contribution in [0, 0.1) is 11.8 Å². The molecule has 1 fully saturated rings. The van der Waals surface area contributed by atoms with Gasteiger partial charge in [-0.25, -0.2) is 4.79 Å². The summed E-state index contributed by atoms with van der Waals surface area (Å²) in [6, 6.07) is 6.86. The summed E-state index contributed by atoms with van der Waals surface area (Å²) in [7, 11) is 1.32. The number of benzene rings is 1. The zero-order valence-corrected chi connectivity index (χ0v) is 17.7. The maximum absolute atomic E-state index is 11.0. The van der Waals surface area contributed by atoms with Crippen LogP contribution in [-0.2, 0) is 9.53 Å². The third-order valence-electron chi connectivity index (χ3n) is 5.01. The summed E-state index contributed by atoms with van der Waals surface area (Å²) in [4.78, 5) is 11.0. The third kappa shape index (κ3) is 7.95. The van der Waals surface area contributed by atoms with Gasteiger partial charge >= 0.3 is 5.97 Å². The molecule has 0 radical (unpaired) electrons. The number of aliphatic hydroxyl groups is 3. The quantitative estimate of drug-likeness (QED) is 0.296. The first-order valence-corrected chi connectivity index (χ1v) is 10.3. The van der Waals surface area contributed by atoms with Gasteiger partial charge in [-0.1, -0.05) is 42.0 Å². The summed E-state index contributed by atoms with van der Waals surface area (Å²) in [5.41, 5.74) is 0. The van der Waals surface area contributed by atoms with E-state index in [4.69, 9.17) is 16.3 Å². The lowest BCUT2D eigenvalue weighted by molar-refractivity contribution is -0.134. The van der Waals surface area contributed by atoms with Crippen LogP contribution in [0.5, 0.6) is 5.75 Å². The molecule has 0 spiro atoms. The Morgan fingerprint density at radius 1 is 1.20 bits per heavy atom. The molecule has 0 aromatic heterocycles. The molecule has 0 bridgehead atoms. The van der Waals surface area contributed by atoms with E-state index in [1.54, 1.807) is 42.5 Å². The van der Waals surface area contributed by atoms with E-state index in [2.05, 4.69) is 4.74 Å². The predicted molar refractivity (Wildman–Crippen MR) is 115 cm³/mol. The number of hydrogen-bond donors (Lipinski definition) is 3. The van der Waals surface area contributed by atoms with Crippen molar-refractivity contribution >= 4 is 17.6 Å². The molecule has 7 heteroatoms. The Hall–Kier alpha value is -2.12. The minimum absolute atomic E-state index is 0.0700. The molecule has 164 valence electrons. The van der Waals surface area contributed by atoms with Crippen LogP contribution in [0.2, 0.25) is 5.02 Å². The third-order valence-corrected chi connectivity index (χ3v) is 5.26. The summed E-state index contributed by atoms with van der Waals surface area (Å²) in [5, 5.41) is 31.3. The lowest BCUT2D eigenvalue weighted by atomic mass is 9.89. The molecule has 0 unspecified atom stereocenters. The van der Waals surface area contributed by atoms with Crippen LogP contribution in [0.1, 0.15) is 19.3 Å². The Labute approximate surface area is 182 Å². The number of carbonyl (C=O) groups excluding carboxylic acids is 1. The molecule has 0 amide bonds. The van der Waals surface area contributed by atoms with Gasteiger partial charge in [0.25, 0.3) is 0 Å². The van der Waals surface area contributed by atoms with Gasteiger partial charge in [-0.05, 0) is 43.0 Å². The smallest absolute Gasteiger partial charge is 0.330 e. The maximum atomic E-state index is 11.0. The fourth-order valence-corrected chi connectivity index (χ4v) is 3.52. The van der Waals surface area contributed by atoms with Crippen LogP contribution < -0.4 is 4.74 Å². The van der Waals surface area contributed by atoms with E-state index in [0.717, 1.165) is 0 Å². The topological polar surface area (TPSA) is 96.2 Å². The van der Waals surface area contributed by atoms with Gasteiger partial charge in [-0.15, -0.1) is 0 Å². The van der Waals surface area contributed by atoms with Gasteiger partial charge in [-0.3, -0.25) is 0 Å². The molecular formula is C23H29ClO6. The van der Waals surface area contributed by atoms with Gasteiger partial charge in [0, 0.05) is 23.4 Å². The van der Waals surface area contributed by atoms with Crippen molar-refractivity contribution in [1.82, 2.24) is 0 Å². The van der Waals surface area contributed by atoms with Crippen LogP contribution in [0.3, 0.4) is 0 Å².